The van der Waals surface area contributed by atoms with Crippen molar-refractivity contribution in [2.24, 2.45) is 0 Å². The summed E-state index contributed by atoms with van der Waals surface area (Å²) in [7, 11) is 0. The van der Waals surface area contributed by atoms with Crippen molar-refractivity contribution in [3.8, 4) is 0 Å². The van der Waals surface area contributed by atoms with E-state index in [1.807, 2.05) is 4.98 Å². The molecular weight excluding hydrogens is 328 g/mol. The molecule has 3 unspecified atom stereocenters. The summed E-state index contributed by atoms with van der Waals surface area (Å²) >= 11 is 0. The Bertz CT molecular complexity index is 757. The highest BCUT2D eigenvalue weighted by atomic mass is 16.6. The number of H-pyrrole nitrogens is 1. The van der Waals surface area contributed by atoms with Gasteiger partial charge in [0.2, 0.25) is 0 Å². The first kappa shape index (κ1) is 16.8. The van der Waals surface area contributed by atoms with Crippen LogP contribution in [0.4, 0.5) is 0 Å². The van der Waals surface area contributed by atoms with Crippen molar-refractivity contribution < 1.29 is 34.7 Å². The second kappa shape index (κ2) is 6.11. The average molecular weight is 344 g/mol. The molecule has 1 aromatic rings. The van der Waals surface area contributed by atoms with Crippen LogP contribution >= 0.6 is 0 Å². The number of nitrogens with zero attached hydrogens (tertiary/aromatic N) is 1. The van der Waals surface area contributed by atoms with E-state index in [-0.39, 0.29) is 12.0 Å². The number of carbonyl (C=O) groups is 1. The fourth-order valence-electron chi connectivity index (χ4n) is 2.96. The molecule has 0 aliphatic carbocycles. The molecule has 5 N–H and O–H groups in total. The van der Waals surface area contributed by atoms with Gasteiger partial charge in [-0.15, -0.1) is 0 Å². The van der Waals surface area contributed by atoms with Crippen LogP contribution in [0.25, 0.3) is 0 Å². The second-order valence-corrected chi connectivity index (χ2v) is 5.69. The van der Waals surface area contributed by atoms with Gasteiger partial charge in [-0.1, -0.05) is 0 Å². The number of aromatic amines is 1. The molecule has 0 radical (unpaired) electrons. The smallest absolute Gasteiger partial charge is 0.332 e. The fraction of sp³-hybridized carbons (Fsp3) is 0.615. The van der Waals surface area contributed by atoms with E-state index < -0.39 is 60.6 Å². The van der Waals surface area contributed by atoms with Crippen LogP contribution in [-0.4, -0.2) is 66.5 Å². The van der Waals surface area contributed by atoms with E-state index in [0.717, 1.165) is 10.8 Å². The van der Waals surface area contributed by atoms with Gasteiger partial charge < -0.3 is 29.9 Å². The van der Waals surface area contributed by atoms with Crippen molar-refractivity contribution in [2.45, 2.75) is 49.8 Å². The Balaban J connectivity index is 1.94. The zero-order chi connectivity index (χ0) is 17.6. The summed E-state index contributed by atoms with van der Waals surface area (Å²) in [6.07, 6.45) is -6.66. The molecule has 1 aromatic heterocycles. The SMILES string of the molecule is O=C(O)[C@H]1C[C@H](O)C2O[C@H](n3cc(CO)c(=O)[nH]c3=O)C(O)C2O1. The predicted molar refractivity (Wildman–Crippen MR) is 74.1 cm³/mol. The third-order valence-corrected chi connectivity index (χ3v) is 4.17. The number of fused-ring (bicyclic) bond motifs is 1. The third kappa shape index (κ3) is 2.65. The molecule has 3 rings (SSSR count). The van der Waals surface area contributed by atoms with Crippen molar-refractivity contribution in [2.75, 3.05) is 0 Å². The van der Waals surface area contributed by atoms with Crippen LogP contribution in [0, 0.1) is 0 Å². The third-order valence-electron chi connectivity index (χ3n) is 4.17. The van der Waals surface area contributed by atoms with Gasteiger partial charge in [-0.05, 0) is 0 Å². The van der Waals surface area contributed by atoms with Crippen LogP contribution in [0.5, 0.6) is 0 Å². The Labute approximate surface area is 133 Å². The molecule has 2 aliphatic heterocycles. The van der Waals surface area contributed by atoms with Gasteiger partial charge in [0.05, 0.1) is 18.3 Å². The van der Waals surface area contributed by atoms with Gasteiger partial charge >= 0.3 is 11.7 Å². The molecule has 24 heavy (non-hydrogen) atoms. The number of aliphatic hydroxyl groups is 3. The predicted octanol–water partition coefficient (Wildman–Crippen LogP) is -3.11. The number of rotatable bonds is 3. The first-order valence-corrected chi connectivity index (χ1v) is 7.18. The lowest BCUT2D eigenvalue weighted by Gasteiger charge is -2.33. The van der Waals surface area contributed by atoms with E-state index in [1.54, 1.807) is 0 Å². The lowest BCUT2D eigenvalue weighted by molar-refractivity contribution is -0.187. The number of nitrogens with one attached hydrogen (secondary N) is 1. The number of ether oxygens (including phenoxy) is 2. The lowest BCUT2D eigenvalue weighted by atomic mass is 9.96. The first-order chi connectivity index (χ1) is 11.3. The molecule has 2 aliphatic rings. The minimum atomic E-state index is -1.46. The van der Waals surface area contributed by atoms with Gasteiger partial charge in [-0.3, -0.25) is 14.3 Å². The van der Waals surface area contributed by atoms with Gasteiger partial charge in [0.1, 0.15) is 18.3 Å². The highest BCUT2D eigenvalue weighted by molar-refractivity contribution is 5.72. The summed E-state index contributed by atoms with van der Waals surface area (Å²) in [6, 6.07) is 0. The topological polar surface area (TPSA) is 171 Å². The van der Waals surface area contributed by atoms with Crippen LogP contribution in [0.15, 0.2) is 15.8 Å². The normalized spacial score (nSPS) is 35.6. The maximum Gasteiger partial charge on any atom is 0.332 e. The van der Waals surface area contributed by atoms with Crippen molar-refractivity contribution in [1.29, 1.82) is 0 Å². The molecule has 0 bridgehead atoms. The minimum Gasteiger partial charge on any atom is -0.479 e. The minimum absolute atomic E-state index is 0.120. The number of carboxylic acid groups (broad SMARTS) is 1. The molecule has 3 heterocycles. The van der Waals surface area contributed by atoms with E-state index in [0.29, 0.717) is 0 Å². The number of hydrogen-bond acceptors (Lipinski definition) is 8. The van der Waals surface area contributed by atoms with E-state index in [9.17, 15) is 24.6 Å². The second-order valence-electron chi connectivity index (χ2n) is 5.69. The average Bonchev–Trinajstić information content (AvgIpc) is 2.85. The van der Waals surface area contributed by atoms with Gasteiger partial charge in [-0.2, -0.15) is 0 Å². The Morgan fingerprint density at radius 1 is 1.29 bits per heavy atom. The zero-order valence-corrected chi connectivity index (χ0v) is 12.2. The summed E-state index contributed by atoms with van der Waals surface area (Å²) in [5.74, 6) is -1.29. The Kier molecular flexibility index (Phi) is 4.27. The maximum atomic E-state index is 11.9. The molecule has 2 saturated heterocycles. The maximum absolute atomic E-state index is 11.9. The molecule has 11 nitrogen and oxygen atoms in total. The fourth-order valence-corrected chi connectivity index (χ4v) is 2.96. The van der Waals surface area contributed by atoms with E-state index in [2.05, 4.69) is 0 Å². The number of hydrogen-bond donors (Lipinski definition) is 5. The number of aliphatic carboxylic acids is 1. The summed E-state index contributed by atoms with van der Waals surface area (Å²) in [4.78, 5) is 36.4. The molecule has 0 saturated carbocycles. The molecule has 11 heteroatoms. The van der Waals surface area contributed by atoms with Gasteiger partial charge in [0.15, 0.2) is 12.3 Å². The number of aliphatic hydroxyl groups excluding tert-OH is 3. The highest BCUT2D eigenvalue weighted by Gasteiger charge is 2.53. The monoisotopic (exact) mass is 344 g/mol. The van der Waals surface area contributed by atoms with Crippen LogP contribution in [0.3, 0.4) is 0 Å². The molecular formula is C13H16N2O9. The summed E-state index contributed by atoms with van der Waals surface area (Å²) in [6.45, 7) is -0.633. The molecule has 0 spiro atoms. The summed E-state index contributed by atoms with van der Waals surface area (Å²) in [5.41, 5.74) is -1.78. The Morgan fingerprint density at radius 2 is 2.00 bits per heavy atom. The first-order valence-electron chi connectivity index (χ1n) is 7.18. The highest BCUT2D eigenvalue weighted by Crippen LogP contribution is 2.37. The van der Waals surface area contributed by atoms with Crippen molar-refractivity contribution in [1.82, 2.24) is 9.55 Å². The molecule has 0 amide bonds. The zero-order valence-electron chi connectivity index (χ0n) is 12.2. The quantitative estimate of drug-likeness (QED) is 0.380. The number of carboxylic acids is 1. The lowest BCUT2D eigenvalue weighted by Crippen LogP contribution is -2.51. The Morgan fingerprint density at radius 3 is 2.62 bits per heavy atom. The van der Waals surface area contributed by atoms with E-state index in [4.69, 9.17) is 19.7 Å². The summed E-state index contributed by atoms with van der Waals surface area (Å²) < 4.78 is 11.6. The van der Waals surface area contributed by atoms with Crippen LogP contribution < -0.4 is 11.2 Å². The van der Waals surface area contributed by atoms with Crippen molar-refractivity contribution in [3.63, 3.8) is 0 Å². The molecule has 0 aromatic carbocycles. The standard InChI is InChI=1S/C13H16N2O9/c16-3-4-2-15(13(22)14-10(4)19)11-7(18)9-8(24-11)5(17)1-6(23-9)12(20)21/h2,5-9,11,16-18H,1,3H2,(H,20,21)(H,14,19,22)/t5-,6+,7?,8?,9?,11-/m0/s1. The van der Waals surface area contributed by atoms with E-state index in [1.165, 1.54) is 0 Å². The summed E-state index contributed by atoms with van der Waals surface area (Å²) in [5, 5.41) is 38.5. The molecule has 2 fully saturated rings. The largest absolute Gasteiger partial charge is 0.479 e. The van der Waals surface area contributed by atoms with Gasteiger partial charge in [0.25, 0.3) is 5.56 Å². The van der Waals surface area contributed by atoms with Gasteiger partial charge in [-0.25, -0.2) is 9.59 Å². The van der Waals surface area contributed by atoms with Crippen LogP contribution in [0.1, 0.15) is 18.2 Å². The Hall–Kier alpha value is -2.05. The van der Waals surface area contributed by atoms with Crippen molar-refractivity contribution >= 4 is 5.97 Å². The van der Waals surface area contributed by atoms with Crippen molar-refractivity contribution in [3.05, 3.63) is 32.6 Å². The number of aromatic nitrogens is 2. The molecule has 6 atom stereocenters. The van der Waals surface area contributed by atoms with Crippen LogP contribution in [0.2, 0.25) is 0 Å². The van der Waals surface area contributed by atoms with E-state index >= 15 is 0 Å². The molecule has 132 valence electrons. The van der Waals surface area contributed by atoms with Gasteiger partial charge in [0, 0.05) is 12.6 Å². The van der Waals surface area contributed by atoms with Crippen LogP contribution in [-0.2, 0) is 20.9 Å².